The summed E-state index contributed by atoms with van der Waals surface area (Å²) in [7, 11) is 4.04. The topological polar surface area (TPSA) is 44.3 Å². The van der Waals surface area contributed by atoms with Gasteiger partial charge in [0.1, 0.15) is 5.82 Å². The first-order chi connectivity index (χ1) is 14.9. The van der Waals surface area contributed by atoms with Crippen molar-refractivity contribution in [3.8, 4) is 22.3 Å². The van der Waals surface area contributed by atoms with E-state index < -0.39 is 0 Å². The molecule has 2 saturated heterocycles. The molecular weight excluding hydrogens is 382 g/mol. The second-order valence-electron chi connectivity index (χ2n) is 9.53. The number of nitrogens with one attached hydrogen (secondary N) is 1. The molecule has 1 aromatic carbocycles. The second-order valence-corrected chi connectivity index (χ2v) is 9.53. The van der Waals surface area contributed by atoms with Crippen LogP contribution in [0.5, 0.6) is 0 Å². The summed E-state index contributed by atoms with van der Waals surface area (Å²) in [5.74, 6) is 0.962. The van der Waals surface area contributed by atoms with Crippen molar-refractivity contribution in [1.82, 2.24) is 15.3 Å². The fourth-order valence-electron chi connectivity index (χ4n) is 5.05. The fraction of sp³-hybridized carbons (Fsp3) is 0.385. The lowest BCUT2D eigenvalue weighted by Crippen LogP contribution is -2.54. The van der Waals surface area contributed by atoms with Crippen LogP contribution in [0.4, 0.5) is 11.5 Å². The number of rotatable bonds is 4. The van der Waals surface area contributed by atoms with Crippen LogP contribution in [0, 0.1) is 19.3 Å². The van der Waals surface area contributed by atoms with Crippen molar-refractivity contribution in [1.29, 1.82) is 0 Å². The molecule has 5 heteroatoms. The Morgan fingerprint density at radius 3 is 2.19 bits per heavy atom. The summed E-state index contributed by atoms with van der Waals surface area (Å²) in [6, 6.07) is 11.0. The van der Waals surface area contributed by atoms with E-state index >= 15 is 0 Å². The highest BCUT2D eigenvalue weighted by molar-refractivity contribution is 5.90. The molecule has 2 aliphatic heterocycles. The van der Waals surface area contributed by atoms with E-state index in [9.17, 15) is 0 Å². The molecule has 3 aromatic rings. The summed E-state index contributed by atoms with van der Waals surface area (Å²) in [6.07, 6.45) is 7.28. The Bertz CT molecular complexity index is 1080. The van der Waals surface area contributed by atoms with Crippen LogP contribution in [0.1, 0.15) is 17.5 Å². The third-order valence-electron chi connectivity index (χ3n) is 6.72. The summed E-state index contributed by atoms with van der Waals surface area (Å²) in [6.45, 7) is 8.77. The molecule has 0 unspecified atom stereocenters. The van der Waals surface area contributed by atoms with Crippen molar-refractivity contribution in [2.75, 3.05) is 50.1 Å². The van der Waals surface area contributed by atoms with E-state index in [0.29, 0.717) is 5.41 Å². The maximum absolute atomic E-state index is 4.68. The summed E-state index contributed by atoms with van der Waals surface area (Å²) in [5, 5.41) is 3.49. The van der Waals surface area contributed by atoms with Crippen molar-refractivity contribution in [3.05, 3.63) is 60.0 Å². The molecule has 0 aliphatic carbocycles. The zero-order valence-corrected chi connectivity index (χ0v) is 18.9. The average molecular weight is 414 g/mol. The number of anilines is 2. The highest BCUT2D eigenvalue weighted by Gasteiger charge is 2.43. The van der Waals surface area contributed by atoms with Crippen LogP contribution in [0.25, 0.3) is 22.3 Å². The second kappa shape index (κ2) is 7.65. The maximum atomic E-state index is 4.68. The van der Waals surface area contributed by atoms with Gasteiger partial charge in [-0.25, -0.2) is 4.98 Å². The van der Waals surface area contributed by atoms with Gasteiger partial charge >= 0.3 is 0 Å². The normalized spacial score (nSPS) is 17.1. The molecule has 0 atom stereocenters. The van der Waals surface area contributed by atoms with Gasteiger partial charge in [-0.3, -0.25) is 4.98 Å². The van der Waals surface area contributed by atoms with Gasteiger partial charge in [-0.15, -0.1) is 0 Å². The Hall–Kier alpha value is -2.92. The van der Waals surface area contributed by atoms with Crippen LogP contribution in [-0.4, -0.2) is 50.2 Å². The Kier molecular flexibility index (Phi) is 4.94. The van der Waals surface area contributed by atoms with Crippen LogP contribution >= 0.6 is 0 Å². The van der Waals surface area contributed by atoms with Crippen LogP contribution in [-0.2, 0) is 0 Å². The minimum Gasteiger partial charge on any atom is -0.370 e. The Morgan fingerprint density at radius 1 is 0.935 bits per heavy atom. The average Bonchev–Trinajstić information content (AvgIpc) is 3.19. The molecule has 0 radical (unpaired) electrons. The molecule has 0 bridgehead atoms. The first kappa shape index (κ1) is 20.0. The molecule has 1 N–H and O–H groups in total. The minimum absolute atomic E-state index is 0.424. The molecule has 2 aliphatic rings. The number of pyridine rings is 2. The Morgan fingerprint density at radius 2 is 1.65 bits per heavy atom. The lowest BCUT2D eigenvalue weighted by atomic mass is 9.81. The van der Waals surface area contributed by atoms with Gasteiger partial charge in [0.15, 0.2) is 0 Å². The zero-order valence-electron chi connectivity index (χ0n) is 18.9. The van der Waals surface area contributed by atoms with E-state index in [-0.39, 0.29) is 0 Å². The third-order valence-corrected chi connectivity index (χ3v) is 6.72. The summed E-state index contributed by atoms with van der Waals surface area (Å²) >= 11 is 0. The van der Waals surface area contributed by atoms with Crippen molar-refractivity contribution >= 4 is 11.5 Å². The molecule has 0 saturated carbocycles. The van der Waals surface area contributed by atoms with E-state index in [1.165, 1.54) is 39.9 Å². The molecular formula is C26H31N5. The maximum Gasteiger partial charge on any atom is 0.127 e. The van der Waals surface area contributed by atoms with Gasteiger partial charge in [0, 0.05) is 81.0 Å². The number of nitrogens with zero attached hydrogens (tertiary/aromatic N) is 4. The van der Waals surface area contributed by atoms with Gasteiger partial charge in [0.25, 0.3) is 0 Å². The Labute approximate surface area is 185 Å². The predicted molar refractivity (Wildman–Crippen MR) is 129 cm³/mol. The van der Waals surface area contributed by atoms with E-state index in [2.05, 4.69) is 64.4 Å². The molecule has 2 fully saturated rings. The van der Waals surface area contributed by atoms with E-state index in [1.807, 2.05) is 37.6 Å². The summed E-state index contributed by atoms with van der Waals surface area (Å²) in [5.41, 5.74) is 9.02. The largest absolute Gasteiger partial charge is 0.370 e. The third kappa shape index (κ3) is 3.68. The molecule has 0 amide bonds. The number of benzene rings is 1. The molecule has 5 rings (SSSR count). The smallest absolute Gasteiger partial charge is 0.127 e. The zero-order chi connectivity index (χ0) is 21.6. The molecule has 160 valence electrons. The molecule has 31 heavy (non-hydrogen) atoms. The van der Waals surface area contributed by atoms with E-state index in [1.54, 1.807) is 0 Å². The van der Waals surface area contributed by atoms with Crippen LogP contribution in [0.15, 0.2) is 48.9 Å². The first-order valence-electron chi connectivity index (χ1n) is 11.1. The quantitative estimate of drug-likeness (QED) is 0.691. The van der Waals surface area contributed by atoms with Gasteiger partial charge in [0.2, 0.25) is 0 Å². The highest BCUT2D eigenvalue weighted by atomic mass is 15.2. The van der Waals surface area contributed by atoms with Gasteiger partial charge in [0.05, 0.1) is 5.69 Å². The lowest BCUT2D eigenvalue weighted by molar-refractivity contribution is 0.200. The first-order valence-corrected chi connectivity index (χ1v) is 11.1. The van der Waals surface area contributed by atoms with Gasteiger partial charge in [-0.05, 0) is 38.0 Å². The van der Waals surface area contributed by atoms with Gasteiger partial charge in [-0.1, -0.05) is 29.3 Å². The Balaban J connectivity index is 1.65. The van der Waals surface area contributed by atoms with E-state index in [0.717, 1.165) is 37.6 Å². The van der Waals surface area contributed by atoms with Crippen molar-refractivity contribution in [2.45, 2.75) is 20.3 Å². The van der Waals surface area contributed by atoms with Gasteiger partial charge in [-0.2, -0.15) is 0 Å². The summed E-state index contributed by atoms with van der Waals surface area (Å²) in [4.78, 5) is 14.0. The molecule has 2 aromatic heterocycles. The number of hydrogen-bond acceptors (Lipinski definition) is 5. The summed E-state index contributed by atoms with van der Waals surface area (Å²) < 4.78 is 0. The van der Waals surface area contributed by atoms with Gasteiger partial charge < -0.3 is 15.1 Å². The van der Waals surface area contributed by atoms with Crippen molar-refractivity contribution in [3.63, 3.8) is 0 Å². The lowest BCUT2D eigenvalue weighted by Gasteiger charge is -2.39. The van der Waals surface area contributed by atoms with Crippen LogP contribution in [0.3, 0.4) is 0 Å². The number of hydrogen-bond donors (Lipinski definition) is 1. The fourth-order valence-corrected chi connectivity index (χ4v) is 5.05. The standard InChI is InChI=1S/C26H31N5/c1-18-9-19(2)11-21(10-18)23-14-27-13-22(20-5-6-24(29-12-20)30(3)4)25(23)31-8-7-26(17-31)15-28-16-26/h5-6,9-14,28H,7-8,15-17H2,1-4H3. The monoisotopic (exact) mass is 413 g/mol. The predicted octanol–water partition coefficient (Wildman–Crippen LogP) is 4.29. The molecule has 5 nitrogen and oxygen atoms in total. The van der Waals surface area contributed by atoms with Crippen LogP contribution < -0.4 is 15.1 Å². The molecule has 4 heterocycles. The van der Waals surface area contributed by atoms with Crippen LogP contribution in [0.2, 0.25) is 0 Å². The van der Waals surface area contributed by atoms with Crippen molar-refractivity contribution < 1.29 is 0 Å². The minimum atomic E-state index is 0.424. The molecule has 1 spiro atoms. The highest BCUT2D eigenvalue weighted by Crippen LogP contribution is 2.44. The SMILES string of the molecule is Cc1cc(C)cc(-c2cncc(-c3ccc(N(C)C)nc3)c2N2CCC3(CNC3)C2)c1. The number of aryl methyl sites for hydroxylation is 2. The number of aromatic nitrogens is 2. The van der Waals surface area contributed by atoms with Crippen molar-refractivity contribution in [2.24, 2.45) is 5.41 Å². The van der Waals surface area contributed by atoms with E-state index in [4.69, 9.17) is 0 Å².